The molecule has 1 aromatic heterocycles. The third-order valence-corrected chi connectivity index (χ3v) is 4.66. The maximum absolute atomic E-state index is 10.1. The summed E-state index contributed by atoms with van der Waals surface area (Å²) in [7, 11) is 0. The first-order valence-electron chi connectivity index (χ1n) is 7.21. The van der Waals surface area contributed by atoms with Crippen molar-refractivity contribution >= 4 is 11.3 Å². The number of aliphatic hydroxyl groups is 1. The van der Waals surface area contributed by atoms with Crippen LogP contribution in [0, 0.1) is 0 Å². The van der Waals surface area contributed by atoms with E-state index >= 15 is 0 Å². The molecule has 0 saturated heterocycles. The van der Waals surface area contributed by atoms with Crippen molar-refractivity contribution in [3.8, 4) is 0 Å². The van der Waals surface area contributed by atoms with E-state index in [2.05, 4.69) is 23.3 Å². The van der Waals surface area contributed by atoms with E-state index in [1.807, 2.05) is 25.2 Å². The van der Waals surface area contributed by atoms with Crippen molar-refractivity contribution in [3.63, 3.8) is 0 Å². The monoisotopic (exact) mass is 283 g/mol. The standard InChI is InChI=1S/C15H25NO2S/c1-4-14-13-6-8-19-15(13)5-7-16(14)9-12(17)10-18-11(2)3/h6,8,11-12,14,17H,4-5,7,9-10H2,1-3H3/t12-,14-/m0/s1. The number of ether oxygens (including phenoxy) is 1. The SMILES string of the molecule is CC[C@H]1c2ccsc2CCN1C[C@H](O)COC(C)C. The van der Waals surface area contributed by atoms with Crippen molar-refractivity contribution < 1.29 is 9.84 Å². The van der Waals surface area contributed by atoms with Gasteiger partial charge in [0.1, 0.15) is 0 Å². The number of nitrogens with zero attached hydrogens (tertiary/aromatic N) is 1. The van der Waals surface area contributed by atoms with Crippen molar-refractivity contribution in [1.29, 1.82) is 0 Å². The Morgan fingerprint density at radius 2 is 2.32 bits per heavy atom. The van der Waals surface area contributed by atoms with Crippen molar-refractivity contribution in [2.45, 2.75) is 51.9 Å². The number of β-amino-alcohol motifs (C(OH)–C–C–N with tert-alkyl or cyclic N) is 1. The van der Waals surface area contributed by atoms with Crippen molar-refractivity contribution in [2.24, 2.45) is 0 Å². The molecule has 0 bridgehead atoms. The van der Waals surface area contributed by atoms with Crippen LogP contribution in [0.1, 0.15) is 43.7 Å². The first-order valence-corrected chi connectivity index (χ1v) is 8.09. The summed E-state index contributed by atoms with van der Waals surface area (Å²) in [5.41, 5.74) is 1.47. The van der Waals surface area contributed by atoms with Crippen LogP contribution >= 0.6 is 11.3 Å². The van der Waals surface area contributed by atoms with Gasteiger partial charge in [0.05, 0.1) is 18.8 Å². The average molecular weight is 283 g/mol. The van der Waals surface area contributed by atoms with E-state index < -0.39 is 6.10 Å². The molecule has 19 heavy (non-hydrogen) atoms. The van der Waals surface area contributed by atoms with Crippen molar-refractivity contribution in [1.82, 2.24) is 4.90 Å². The smallest absolute Gasteiger partial charge is 0.0900 e. The Labute approximate surface area is 120 Å². The summed E-state index contributed by atoms with van der Waals surface area (Å²) < 4.78 is 5.49. The fourth-order valence-electron chi connectivity index (χ4n) is 2.77. The van der Waals surface area contributed by atoms with Gasteiger partial charge in [-0.2, -0.15) is 0 Å². The van der Waals surface area contributed by atoms with E-state index in [1.165, 1.54) is 10.4 Å². The zero-order chi connectivity index (χ0) is 13.8. The molecule has 108 valence electrons. The minimum Gasteiger partial charge on any atom is -0.389 e. The van der Waals surface area contributed by atoms with Gasteiger partial charge in [-0.15, -0.1) is 11.3 Å². The molecule has 1 aliphatic heterocycles. The number of hydrogen-bond donors (Lipinski definition) is 1. The molecule has 4 heteroatoms. The number of aliphatic hydroxyl groups excluding tert-OH is 1. The fraction of sp³-hybridized carbons (Fsp3) is 0.733. The lowest BCUT2D eigenvalue weighted by molar-refractivity contribution is -0.0157. The maximum atomic E-state index is 10.1. The summed E-state index contributed by atoms with van der Waals surface area (Å²) in [5.74, 6) is 0. The fourth-order valence-corrected chi connectivity index (χ4v) is 3.70. The van der Waals surface area contributed by atoms with Gasteiger partial charge in [-0.25, -0.2) is 0 Å². The highest BCUT2D eigenvalue weighted by Gasteiger charge is 2.28. The van der Waals surface area contributed by atoms with E-state index in [9.17, 15) is 5.11 Å². The summed E-state index contributed by atoms with van der Waals surface area (Å²) >= 11 is 1.87. The number of hydrogen-bond acceptors (Lipinski definition) is 4. The Hall–Kier alpha value is -0.420. The summed E-state index contributed by atoms with van der Waals surface area (Å²) in [5, 5.41) is 12.3. The van der Waals surface area contributed by atoms with Crippen LogP contribution in [0.2, 0.25) is 0 Å². The van der Waals surface area contributed by atoms with Gasteiger partial charge in [0.2, 0.25) is 0 Å². The third kappa shape index (κ3) is 3.78. The van der Waals surface area contributed by atoms with Gasteiger partial charge in [-0.05, 0) is 43.7 Å². The van der Waals surface area contributed by atoms with Gasteiger partial charge >= 0.3 is 0 Å². The van der Waals surface area contributed by atoms with Crippen molar-refractivity contribution in [2.75, 3.05) is 19.7 Å². The number of rotatable bonds is 6. The molecule has 1 aromatic rings. The molecule has 0 radical (unpaired) electrons. The minimum atomic E-state index is -0.392. The number of thiophene rings is 1. The maximum Gasteiger partial charge on any atom is 0.0900 e. The molecule has 0 spiro atoms. The van der Waals surface area contributed by atoms with Crippen LogP contribution in [0.5, 0.6) is 0 Å². The summed E-state index contributed by atoms with van der Waals surface area (Å²) in [6.45, 7) is 8.41. The van der Waals surface area contributed by atoms with Gasteiger partial charge in [0, 0.05) is 24.0 Å². The lowest BCUT2D eigenvalue weighted by Gasteiger charge is -2.36. The summed E-state index contributed by atoms with van der Waals surface area (Å²) in [6.07, 6.45) is 2.00. The first kappa shape index (κ1) is 15.0. The van der Waals surface area contributed by atoms with Gasteiger partial charge in [-0.3, -0.25) is 4.90 Å². The second kappa shape index (κ2) is 6.84. The predicted molar refractivity (Wildman–Crippen MR) is 79.7 cm³/mol. The molecule has 2 atom stereocenters. The van der Waals surface area contributed by atoms with Gasteiger partial charge in [0.25, 0.3) is 0 Å². The zero-order valence-corrected chi connectivity index (χ0v) is 12.9. The van der Waals surface area contributed by atoms with E-state index in [-0.39, 0.29) is 6.10 Å². The molecule has 0 aliphatic carbocycles. The quantitative estimate of drug-likeness (QED) is 0.871. The van der Waals surface area contributed by atoms with Gasteiger partial charge < -0.3 is 9.84 Å². The Kier molecular flexibility index (Phi) is 5.39. The molecule has 0 aromatic carbocycles. The van der Waals surface area contributed by atoms with Crippen LogP contribution in [0.25, 0.3) is 0 Å². The molecule has 0 amide bonds. The first-order chi connectivity index (χ1) is 9.11. The van der Waals surface area contributed by atoms with Crippen molar-refractivity contribution in [3.05, 3.63) is 21.9 Å². The second-order valence-corrected chi connectivity index (χ2v) is 6.50. The highest BCUT2D eigenvalue weighted by Crippen LogP contribution is 2.35. The summed E-state index contributed by atoms with van der Waals surface area (Å²) in [6, 6.07) is 2.71. The van der Waals surface area contributed by atoms with Crippen LogP contribution in [0.4, 0.5) is 0 Å². The lowest BCUT2D eigenvalue weighted by Crippen LogP contribution is -2.41. The minimum absolute atomic E-state index is 0.182. The normalized spacial score (nSPS) is 21.6. The van der Waals surface area contributed by atoms with Gasteiger partial charge in [0.15, 0.2) is 0 Å². The van der Waals surface area contributed by atoms with E-state index in [4.69, 9.17) is 4.74 Å². The van der Waals surface area contributed by atoms with Crippen LogP contribution in [-0.4, -0.2) is 41.9 Å². The van der Waals surface area contributed by atoms with E-state index in [0.29, 0.717) is 19.2 Å². The molecule has 0 fully saturated rings. The molecule has 1 aliphatic rings. The molecular weight excluding hydrogens is 258 g/mol. The molecule has 2 heterocycles. The average Bonchev–Trinajstić information content (AvgIpc) is 2.84. The predicted octanol–water partition coefficient (Wildman–Crippen LogP) is 2.84. The Balaban J connectivity index is 1.94. The molecule has 0 saturated carbocycles. The van der Waals surface area contributed by atoms with Gasteiger partial charge in [-0.1, -0.05) is 6.92 Å². The molecule has 1 N–H and O–H groups in total. The summed E-state index contributed by atoms with van der Waals surface area (Å²) in [4.78, 5) is 3.93. The van der Waals surface area contributed by atoms with E-state index in [1.54, 1.807) is 0 Å². The lowest BCUT2D eigenvalue weighted by atomic mass is 9.97. The van der Waals surface area contributed by atoms with Crippen LogP contribution in [0.3, 0.4) is 0 Å². The highest BCUT2D eigenvalue weighted by molar-refractivity contribution is 7.10. The zero-order valence-electron chi connectivity index (χ0n) is 12.1. The second-order valence-electron chi connectivity index (χ2n) is 5.50. The van der Waals surface area contributed by atoms with Crippen LogP contribution in [-0.2, 0) is 11.2 Å². The molecule has 0 unspecified atom stereocenters. The Morgan fingerprint density at radius 3 is 3.00 bits per heavy atom. The Bertz CT molecular complexity index is 391. The highest BCUT2D eigenvalue weighted by atomic mass is 32.1. The van der Waals surface area contributed by atoms with Crippen LogP contribution < -0.4 is 0 Å². The molecular formula is C15H25NO2S. The third-order valence-electron chi connectivity index (χ3n) is 3.66. The number of fused-ring (bicyclic) bond motifs is 1. The Morgan fingerprint density at radius 1 is 1.53 bits per heavy atom. The van der Waals surface area contributed by atoms with E-state index in [0.717, 1.165) is 19.4 Å². The van der Waals surface area contributed by atoms with Crippen LogP contribution in [0.15, 0.2) is 11.4 Å². The topological polar surface area (TPSA) is 32.7 Å². The molecule has 2 rings (SSSR count). The largest absolute Gasteiger partial charge is 0.389 e. The molecule has 3 nitrogen and oxygen atoms in total.